The summed E-state index contributed by atoms with van der Waals surface area (Å²) in [6, 6.07) is 7.65. The molecule has 22 heavy (non-hydrogen) atoms. The number of benzene rings is 1. The van der Waals surface area contributed by atoms with Gasteiger partial charge in [0.25, 0.3) is 0 Å². The van der Waals surface area contributed by atoms with Gasteiger partial charge in [0, 0.05) is 6.54 Å². The van der Waals surface area contributed by atoms with E-state index in [2.05, 4.69) is 21.0 Å². The number of aromatic nitrogens is 2. The second-order valence-electron chi connectivity index (χ2n) is 5.09. The zero-order valence-corrected chi connectivity index (χ0v) is 14.5. The highest BCUT2D eigenvalue weighted by molar-refractivity contribution is 9.10. The third kappa shape index (κ3) is 4.07. The molecule has 0 bridgehead atoms. The van der Waals surface area contributed by atoms with Crippen LogP contribution in [0.4, 0.5) is 0 Å². The molecule has 0 saturated carbocycles. The van der Waals surface area contributed by atoms with Gasteiger partial charge in [-0.2, -0.15) is 5.10 Å². The molecule has 5 heteroatoms. The Hall–Kier alpha value is -1.88. The predicted octanol–water partition coefficient (Wildman–Crippen LogP) is 4.35. The number of carbonyl (C=O) groups excluding carboxylic acids is 1. The van der Waals surface area contributed by atoms with E-state index in [4.69, 9.17) is 4.74 Å². The maximum atomic E-state index is 12.3. The molecule has 1 aromatic carbocycles. The maximum Gasteiger partial charge on any atom is 0.205 e. The largest absolute Gasteiger partial charge is 0.491 e. The summed E-state index contributed by atoms with van der Waals surface area (Å²) < 4.78 is 7.98. The molecule has 2 rings (SSSR count). The Morgan fingerprint density at radius 1 is 1.36 bits per heavy atom. The number of hydrogen-bond donors (Lipinski definition) is 0. The maximum absolute atomic E-state index is 12.3. The number of allylic oxidation sites excluding steroid dienone is 1. The van der Waals surface area contributed by atoms with Gasteiger partial charge in [0.05, 0.1) is 16.8 Å². The molecule has 1 aromatic heterocycles. The molecule has 0 aliphatic carbocycles. The number of nitrogens with zero attached hydrogens (tertiary/aromatic N) is 2. The highest BCUT2D eigenvalue weighted by Crippen LogP contribution is 2.18. The van der Waals surface area contributed by atoms with Crippen LogP contribution in [0.5, 0.6) is 5.75 Å². The summed E-state index contributed by atoms with van der Waals surface area (Å²) in [5, 5.41) is 4.15. The van der Waals surface area contributed by atoms with Gasteiger partial charge in [-0.1, -0.05) is 18.2 Å². The van der Waals surface area contributed by atoms with E-state index in [1.165, 1.54) is 0 Å². The Bertz CT molecular complexity index is 672. The van der Waals surface area contributed by atoms with Crippen LogP contribution in [0.25, 0.3) is 6.08 Å². The number of rotatable bonds is 6. The van der Waals surface area contributed by atoms with Gasteiger partial charge in [-0.3, -0.25) is 9.48 Å². The predicted molar refractivity (Wildman–Crippen MR) is 91.2 cm³/mol. The molecule has 1 heterocycles. The lowest BCUT2D eigenvalue weighted by Gasteiger charge is -2.09. The topological polar surface area (TPSA) is 44.1 Å². The molecule has 0 fully saturated rings. The van der Waals surface area contributed by atoms with E-state index in [9.17, 15) is 4.79 Å². The number of aryl methyl sites for hydroxylation is 1. The molecule has 2 aromatic rings. The van der Waals surface area contributed by atoms with Crippen LogP contribution in [0, 0.1) is 0 Å². The normalized spacial score (nSPS) is 11.3. The van der Waals surface area contributed by atoms with Crippen molar-refractivity contribution in [2.45, 2.75) is 33.4 Å². The van der Waals surface area contributed by atoms with E-state index in [1.807, 2.05) is 45.0 Å². The molecular weight excluding hydrogens is 344 g/mol. The first-order chi connectivity index (χ1) is 10.5. The monoisotopic (exact) mass is 362 g/mol. The SMILES string of the molecule is CCn1ncc(Br)c1C(=O)/C=C/c1ccc(OC(C)C)cc1. The van der Waals surface area contributed by atoms with E-state index in [1.54, 1.807) is 23.0 Å². The minimum atomic E-state index is -0.0752. The van der Waals surface area contributed by atoms with Gasteiger partial charge >= 0.3 is 0 Å². The van der Waals surface area contributed by atoms with Crippen molar-refractivity contribution in [3.63, 3.8) is 0 Å². The van der Waals surface area contributed by atoms with Crippen LogP contribution in [0.3, 0.4) is 0 Å². The average molecular weight is 363 g/mol. The van der Waals surface area contributed by atoms with Crippen molar-refractivity contribution < 1.29 is 9.53 Å². The van der Waals surface area contributed by atoms with E-state index in [0.29, 0.717) is 16.7 Å². The minimum absolute atomic E-state index is 0.0752. The van der Waals surface area contributed by atoms with Crippen molar-refractivity contribution >= 4 is 27.8 Å². The zero-order chi connectivity index (χ0) is 16.1. The molecule has 0 amide bonds. The summed E-state index contributed by atoms with van der Waals surface area (Å²) in [4.78, 5) is 12.3. The molecule has 0 N–H and O–H groups in total. The minimum Gasteiger partial charge on any atom is -0.491 e. The Kier molecular flexibility index (Phi) is 5.55. The van der Waals surface area contributed by atoms with Gasteiger partial charge in [-0.25, -0.2) is 0 Å². The second kappa shape index (κ2) is 7.40. The Labute approximate surface area is 138 Å². The van der Waals surface area contributed by atoms with Gasteiger partial charge in [0.2, 0.25) is 5.78 Å². The van der Waals surface area contributed by atoms with Crippen molar-refractivity contribution in [2.24, 2.45) is 0 Å². The van der Waals surface area contributed by atoms with Crippen LogP contribution in [0.1, 0.15) is 36.8 Å². The quantitative estimate of drug-likeness (QED) is 0.566. The molecule has 0 atom stereocenters. The Morgan fingerprint density at radius 2 is 2.05 bits per heavy atom. The average Bonchev–Trinajstić information content (AvgIpc) is 2.86. The van der Waals surface area contributed by atoms with Gasteiger partial charge in [0.1, 0.15) is 11.4 Å². The van der Waals surface area contributed by atoms with Crippen LogP contribution >= 0.6 is 15.9 Å². The molecule has 0 spiro atoms. The third-order valence-corrected chi connectivity index (χ3v) is 3.59. The standard InChI is InChI=1S/C17H19BrN2O2/c1-4-20-17(15(18)11-19-20)16(21)10-7-13-5-8-14(9-6-13)22-12(2)3/h5-12H,4H2,1-3H3/b10-7+. The fourth-order valence-electron chi connectivity index (χ4n) is 2.03. The lowest BCUT2D eigenvalue weighted by molar-refractivity contribution is 0.103. The first kappa shape index (κ1) is 16.5. The van der Waals surface area contributed by atoms with Crippen LogP contribution in [-0.2, 0) is 6.54 Å². The van der Waals surface area contributed by atoms with Gasteiger partial charge < -0.3 is 4.74 Å². The van der Waals surface area contributed by atoms with Crippen LogP contribution in [0.2, 0.25) is 0 Å². The fourth-order valence-corrected chi connectivity index (χ4v) is 2.52. The summed E-state index contributed by atoms with van der Waals surface area (Å²) in [5.74, 6) is 0.749. The number of ether oxygens (including phenoxy) is 1. The summed E-state index contributed by atoms with van der Waals surface area (Å²) in [6.07, 6.45) is 5.14. The molecule has 0 aliphatic rings. The molecule has 116 valence electrons. The molecule has 0 aliphatic heterocycles. The fraction of sp³-hybridized carbons (Fsp3) is 0.294. The first-order valence-corrected chi connectivity index (χ1v) is 8.01. The van der Waals surface area contributed by atoms with E-state index in [-0.39, 0.29) is 11.9 Å². The second-order valence-corrected chi connectivity index (χ2v) is 5.94. The molecular formula is C17H19BrN2O2. The highest BCUT2D eigenvalue weighted by Gasteiger charge is 2.13. The molecule has 0 saturated heterocycles. The Morgan fingerprint density at radius 3 is 2.64 bits per heavy atom. The third-order valence-electron chi connectivity index (χ3n) is 3.01. The van der Waals surface area contributed by atoms with Crippen molar-refractivity contribution in [2.75, 3.05) is 0 Å². The van der Waals surface area contributed by atoms with Crippen LogP contribution in [-0.4, -0.2) is 21.7 Å². The smallest absolute Gasteiger partial charge is 0.205 e. The van der Waals surface area contributed by atoms with Crippen molar-refractivity contribution in [3.8, 4) is 5.75 Å². The molecule has 0 radical (unpaired) electrons. The van der Waals surface area contributed by atoms with Gasteiger partial charge in [-0.15, -0.1) is 0 Å². The highest BCUT2D eigenvalue weighted by atomic mass is 79.9. The van der Waals surface area contributed by atoms with Gasteiger partial charge in [-0.05, 0) is 60.5 Å². The number of halogens is 1. The summed E-state index contributed by atoms with van der Waals surface area (Å²) >= 11 is 3.36. The summed E-state index contributed by atoms with van der Waals surface area (Å²) in [5.41, 5.74) is 1.52. The number of ketones is 1. The van der Waals surface area contributed by atoms with Crippen molar-refractivity contribution in [1.29, 1.82) is 0 Å². The Balaban J connectivity index is 2.11. The zero-order valence-electron chi connectivity index (χ0n) is 12.9. The summed E-state index contributed by atoms with van der Waals surface area (Å²) in [6.45, 7) is 6.58. The van der Waals surface area contributed by atoms with E-state index >= 15 is 0 Å². The van der Waals surface area contributed by atoms with Crippen LogP contribution < -0.4 is 4.74 Å². The number of carbonyl (C=O) groups is 1. The first-order valence-electron chi connectivity index (χ1n) is 7.21. The summed E-state index contributed by atoms with van der Waals surface area (Å²) in [7, 11) is 0. The van der Waals surface area contributed by atoms with E-state index in [0.717, 1.165) is 11.3 Å². The lowest BCUT2D eigenvalue weighted by atomic mass is 10.1. The van der Waals surface area contributed by atoms with Crippen LogP contribution in [0.15, 0.2) is 41.0 Å². The lowest BCUT2D eigenvalue weighted by Crippen LogP contribution is -2.07. The van der Waals surface area contributed by atoms with Crippen molar-refractivity contribution in [3.05, 3.63) is 52.3 Å². The van der Waals surface area contributed by atoms with E-state index < -0.39 is 0 Å². The molecule has 0 unspecified atom stereocenters. The van der Waals surface area contributed by atoms with Gasteiger partial charge in [0.15, 0.2) is 0 Å². The van der Waals surface area contributed by atoms with Crippen molar-refractivity contribution in [1.82, 2.24) is 9.78 Å². The molecule has 4 nitrogen and oxygen atoms in total. The number of hydrogen-bond acceptors (Lipinski definition) is 3.